The average Bonchev–Trinajstić information content (AvgIpc) is 3.45. The summed E-state index contributed by atoms with van der Waals surface area (Å²) < 4.78 is 11.3. The molecule has 9 heteroatoms. The Hall–Kier alpha value is -3.41. The van der Waals surface area contributed by atoms with Crippen molar-refractivity contribution in [1.29, 1.82) is 0 Å². The third-order valence-corrected chi connectivity index (χ3v) is 14.3. The second kappa shape index (κ2) is 56.8. The van der Waals surface area contributed by atoms with Crippen LogP contribution in [-0.2, 0) is 14.3 Å². The second-order valence-corrected chi connectivity index (χ2v) is 21.5. The van der Waals surface area contributed by atoms with Crippen LogP contribution in [0.2, 0.25) is 0 Å². The van der Waals surface area contributed by atoms with Gasteiger partial charge in [0.15, 0.2) is 6.29 Å². The van der Waals surface area contributed by atoms with Crippen LogP contribution < -0.4 is 5.32 Å². The summed E-state index contributed by atoms with van der Waals surface area (Å²) in [6, 6.07) is -0.847. The fourth-order valence-electron chi connectivity index (χ4n) is 9.31. The summed E-state index contributed by atoms with van der Waals surface area (Å²) in [7, 11) is 0. The summed E-state index contributed by atoms with van der Waals surface area (Å²) in [5.74, 6) is -0.214. The largest absolute Gasteiger partial charge is 0.394 e. The van der Waals surface area contributed by atoms with E-state index in [1.807, 2.05) is 6.08 Å². The van der Waals surface area contributed by atoms with Crippen LogP contribution in [0.25, 0.3) is 0 Å². The molecule has 0 bridgehead atoms. The molecule has 1 fully saturated rings. The molecular formula is C69H117NO8. The van der Waals surface area contributed by atoms with Gasteiger partial charge in [-0.2, -0.15) is 0 Å². The summed E-state index contributed by atoms with van der Waals surface area (Å²) in [5, 5.41) is 54.6. The second-order valence-electron chi connectivity index (χ2n) is 21.5. The molecule has 78 heavy (non-hydrogen) atoms. The number of allylic oxidation sites excluding steroid dienone is 19. The maximum absolute atomic E-state index is 13.1. The molecule has 1 rings (SSSR count). The number of hydrogen-bond donors (Lipinski definition) is 6. The normalized spacial score (nSPS) is 19.5. The average molecular weight is 1090 g/mol. The van der Waals surface area contributed by atoms with Crippen molar-refractivity contribution in [2.24, 2.45) is 0 Å². The molecule has 0 aromatic carbocycles. The first kappa shape index (κ1) is 72.6. The molecule has 9 nitrogen and oxygen atoms in total. The van der Waals surface area contributed by atoms with Crippen molar-refractivity contribution in [3.05, 3.63) is 122 Å². The smallest absolute Gasteiger partial charge is 0.220 e. The van der Waals surface area contributed by atoms with E-state index in [2.05, 4.69) is 129 Å². The van der Waals surface area contributed by atoms with Gasteiger partial charge in [-0.25, -0.2) is 0 Å². The molecule has 0 radical (unpaired) electrons. The van der Waals surface area contributed by atoms with Crippen LogP contribution in [0.5, 0.6) is 0 Å². The zero-order chi connectivity index (χ0) is 56.5. The Morgan fingerprint density at radius 1 is 0.449 bits per heavy atom. The SMILES string of the molecule is CC/C=C\C/C=C\C/C=C\C/C=C\C/C=C\C/C=C\C/C=C\C/C=C\CCCCCCC(=O)NC(COC1OC(CO)C(O)C(O)C1O)C(O)/C=C/CC/C=C/CCCCCCCCCCCCCCCCCCCCCC. The Balaban J connectivity index is 2.26. The third kappa shape index (κ3) is 45.3. The number of carbonyl (C=O) groups is 1. The van der Waals surface area contributed by atoms with Crippen molar-refractivity contribution in [2.45, 2.75) is 294 Å². The van der Waals surface area contributed by atoms with E-state index in [1.54, 1.807) is 6.08 Å². The minimum atomic E-state index is -1.59. The lowest BCUT2D eigenvalue weighted by Gasteiger charge is -2.40. The van der Waals surface area contributed by atoms with E-state index in [-0.39, 0.29) is 12.5 Å². The molecule has 1 saturated heterocycles. The molecule has 7 unspecified atom stereocenters. The molecule has 0 aliphatic carbocycles. The fourth-order valence-corrected chi connectivity index (χ4v) is 9.31. The van der Waals surface area contributed by atoms with Crippen LogP contribution in [-0.4, -0.2) is 87.5 Å². The highest BCUT2D eigenvalue weighted by Crippen LogP contribution is 2.23. The number of ether oxygens (including phenoxy) is 2. The molecule has 0 aromatic heterocycles. The maximum Gasteiger partial charge on any atom is 0.220 e. The topological polar surface area (TPSA) is 149 Å². The van der Waals surface area contributed by atoms with E-state index in [0.717, 1.165) is 96.3 Å². The molecule has 7 atom stereocenters. The summed E-state index contributed by atoms with van der Waals surface area (Å²) in [6.07, 6.45) is 78.5. The van der Waals surface area contributed by atoms with Crippen molar-refractivity contribution in [1.82, 2.24) is 5.32 Å². The van der Waals surface area contributed by atoms with Gasteiger partial charge >= 0.3 is 0 Å². The minimum absolute atomic E-state index is 0.214. The molecule has 1 aliphatic rings. The first-order chi connectivity index (χ1) is 38.3. The Bertz CT molecular complexity index is 1640. The molecular weight excluding hydrogens is 971 g/mol. The quantitative estimate of drug-likeness (QED) is 0.0261. The molecule has 0 saturated carbocycles. The van der Waals surface area contributed by atoms with Gasteiger partial charge in [-0.3, -0.25) is 4.79 Å². The summed E-state index contributed by atoms with van der Waals surface area (Å²) in [4.78, 5) is 13.1. The zero-order valence-electron chi connectivity index (χ0n) is 49.6. The highest BCUT2D eigenvalue weighted by Gasteiger charge is 2.44. The van der Waals surface area contributed by atoms with Crippen molar-refractivity contribution in [2.75, 3.05) is 13.2 Å². The van der Waals surface area contributed by atoms with Gasteiger partial charge in [0, 0.05) is 6.42 Å². The number of amides is 1. The molecule has 1 heterocycles. The Morgan fingerprint density at radius 2 is 0.808 bits per heavy atom. The number of rotatable bonds is 53. The van der Waals surface area contributed by atoms with Gasteiger partial charge < -0.3 is 40.3 Å². The summed E-state index contributed by atoms with van der Waals surface area (Å²) in [5.41, 5.74) is 0. The molecule has 446 valence electrons. The van der Waals surface area contributed by atoms with E-state index in [9.17, 15) is 30.3 Å². The maximum atomic E-state index is 13.1. The van der Waals surface area contributed by atoms with Gasteiger partial charge in [0.25, 0.3) is 0 Å². The highest BCUT2D eigenvalue weighted by atomic mass is 16.7. The monoisotopic (exact) mass is 1090 g/mol. The Labute approximate surface area is 478 Å². The number of aliphatic hydroxyl groups excluding tert-OH is 5. The lowest BCUT2D eigenvalue weighted by atomic mass is 9.99. The molecule has 0 aromatic rings. The van der Waals surface area contributed by atoms with E-state index >= 15 is 0 Å². The van der Waals surface area contributed by atoms with E-state index in [1.165, 1.54) is 128 Å². The number of carbonyl (C=O) groups excluding carboxylic acids is 1. The van der Waals surface area contributed by atoms with Gasteiger partial charge in [-0.15, -0.1) is 0 Å². The van der Waals surface area contributed by atoms with Crippen LogP contribution in [0.1, 0.15) is 251 Å². The van der Waals surface area contributed by atoms with Gasteiger partial charge in [0.2, 0.25) is 5.91 Å². The number of unbranched alkanes of at least 4 members (excludes halogenated alkanes) is 25. The lowest BCUT2D eigenvalue weighted by Crippen LogP contribution is -2.60. The molecule has 6 N–H and O–H groups in total. The number of hydrogen-bond acceptors (Lipinski definition) is 8. The first-order valence-corrected chi connectivity index (χ1v) is 31.8. The van der Waals surface area contributed by atoms with E-state index in [0.29, 0.717) is 12.8 Å². The number of nitrogens with one attached hydrogen (secondary N) is 1. The molecule has 1 aliphatic heterocycles. The number of aliphatic hydroxyl groups is 5. The predicted molar refractivity (Wildman–Crippen MR) is 331 cm³/mol. The van der Waals surface area contributed by atoms with Crippen molar-refractivity contribution in [3.8, 4) is 0 Å². The van der Waals surface area contributed by atoms with Crippen LogP contribution in [0, 0.1) is 0 Å². The standard InChI is InChI=1S/C69H117NO8/c1-3-5-7-9-11-13-15-17-19-21-23-25-27-29-31-32-33-35-37-39-41-43-45-47-49-51-53-55-57-59-65(73)70-62(61-77-69-68(76)67(75)66(74)64(60-71)78-69)63(72)58-56-54-52-50-48-46-44-42-40-38-36-34-30-28-26-24-22-20-18-16-14-12-10-8-6-4-2/h5,7,11,13,17,19,23,25,29,31,33,35,39,41,45,47-48,50,56,58,62-64,66-69,71-72,74-76H,3-4,6,8-10,12,14-16,18,20-22,24,26-28,30,32,34,36-38,40,42-44,46,49,51-55,57,59-61H2,1-2H3,(H,70,73)/b7-5-,13-11-,19-17-,25-23-,31-29-,35-33-,41-39-,47-45-,50-48+,58-56+. The van der Waals surface area contributed by atoms with E-state index < -0.39 is 49.5 Å². The Kier molecular flexibility index (Phi) is 52.9. The van der Waals surface area contributed by atoms with Crippen LogP contribution in [0.4, 0.5) is 0 Å². The van der Waals surface area contributed by atoms with Crippen molar-refractivity contribution in [3.63, 3.8) is 0 Å². The van der Waals surface area contributed by atoms with Crippen LogP contribution >= 0.6 is 0 Å². The van der Waals surface area contributed by atoms with Crippen LogP contribution in [0.3, 0.4) is 0 Å². The fraction of sp³-hybridized carbons (Fsp3) is 0.696. The van der Waals surface area contributed by atoms with Crippen LogP contribution in [0.15, 0.2) is 122 Å². The van der Waals surface area contributed by atoms with Gasteiger partial charge in [-0.05, 0) is 96.3 Å². The summed E-state index contributed by atoms with van der Waals surface area (Å²) >= 11 is 0. The summed E-state index contributed by atoms with van der Waals surface area (Å²) in [6.45, 7) is 3.64. The minimum Gasteiger partial charge on any atom is -0.394 e. The first-order valence-electron chi connectivity index (χ1n) is 31.8. The third-order valence-electron chi connectivity index (χ3n) is 14.3. The van der Waals surface area contributed by atoms with Gasteiger partial charge in [0.05, 0.1) is 25.4 Å². The predicted octanol–water partition coefficient (Wildman–Crippen LogP) is 16.7. The lowest BCUT2D eigenvalue weighted by molar-refractivity contribution is -0.302. The van der Waals surface area contributed by atoms with E-state index in [4.69, 9.17) is 9.47 Å². The molecule has 0 spiro atoms. The highest BCUT2D eigenvalue weighted by molar-refractivity contribution is 5.76. The molecule has 1 amide bonds. The van der Waals surface area contributed by atoms with Gasteiger partial charge in [0.1, 0.15) is 24.4 Å². The van der Waals surface area contributed by atoms with Crippen molar-refractivity contribution >= 4 is 5.91 Å². The van der Waals surface area contributed by atoms with Gasteiger partial charge in [-0.1, -0.05) is 270 Å². The van der Waals surface area contributed by atoms with Crippen molar-refractivity contribution < 1.29 is 39.8 Å². The zero-order valence-corrected chi connectivity index (χ0v) is 49.6. The Morgan fingerprint density at radius 3 is 1.23 bits per heavy atom.